The van der Waals surface area contributed by atoms with Crippen molar-refractivity contribution in [1.29, 1.82) is 0 Å². The lowest BCUT2D eigenvalue weighted by molar-refractivity contribution is 0.954. The van der Waals surface area contributed by atoms with Gasteiger partial charge in [0.15, 0.2) is 0 Å². The Balaban J connectivity index is 3.56. The summed E-state index contributed by atoms with van der Waals surface area (Å²) in [6.45, 7) is 6.49. The molecular weight excluding hydrogens is 164 g/mol. The molecule has 0 spiro atoms. The minimum absolute atomic E-state index is 0.958. The van der Waals surface area contributed by atoms with Crippen LogP contribution >= 0.6 is 12.6 Å². The molecular formula is C11H20S. The van der Waals surface area contributed by atoms with Crippen molar-refractivity contribution in [2.24, 2.45) is 0 Å². The molecule has 0 radical (unpaired) electrons. The molecule has 0 amide bonds. The zero-order valence-electron chi connectivity index (χ0n) is 8.43. The molecule has 0 saturated carbocycles. The Labute approximate surface area is 82.2 Å². The monoisotopic (exact) mass is 184 g/mol. The quantitative estimate of drug-likeness (QED) is 0.484. The Hall–Kier alpha value is -0.170. The summed E-state index contributed by atoms with van der Waals surface area (Å²) in [5, 5.41) is 0. The summed E-state index contributed by atoms with van der Waals surface area (Å²) in [5.41, 5.74) is 2.90. The Kier molecular flexibility index (Phi) is 7.37. The van der Waals surface area contributed by atoms with Gasteiger partial charge in [0.25, 0.3) is 0 Å². The topological polar surface area (TPSA) is 0 Å². The highest BCUT2D eigenvalue weighted by molar-refractivity contribution is 7.80. The molecule has 12 heavy (non-hydrogen) atoms. The normalized spacial score (nSPS) is 11.5. The maximum Gasteiger partial charge on any atom is -0.00632 e. The van der Waals surface area contributed by atoms with Gasteiger partial charge in [-0.3, -0.25) is 0 Å². The Morgan fingerprint density at radius 2 is 1.75 bits per heavy atom. The van der Waals surface area contributed by atoms with Crippen LogP contribution in [0.2, 0.25) is 0 Å². The largest absolute Gasteiger partial charge is 0.179 e. The Morgan fingerprint density at radius 1 is 1.08 bits per heavy atom. The van der Waals surface area contributed by atoms with Crippen LogP contribution in [0.25, 0.3) is 0 Å². The van der Waals surface area contributed by atoms with Gasteiger partial charge in [-0.15, -0.1) is 0 Å². The van der Waals surface area contributed by atoms with Crippen molar-refractivity contribution in [2.45, 2.75) is 40.0 Å². The minimum Gasteiger partial charge on any atom is -0.179 e. The molecule has 0 saturated heterocycles. The molecule has 0 aromatic heterocycles. The number of rotatable bonds is 5. The van der Waals surface area contributed by atoms with Crippen LogP contribution in [0.1, 0.15) is 40.0 Å². The molecule has 0 heterocycles. The van der Waals surface area contributed by atoms with E-state index < -0.39 is 0 Å². The van der Waals surface area contributed by atoms with Gasteiger partial charge in [-0.25, -0.2) is 0 Å². The summed E-state index contributed by atoms with van der Waals surface area (Å²) in [4.78, 5) is 0. The summed E-state index contributed by atoms with van der Waals surface area (Å²) >= 11 is 4.16. The van der Waals surface area contributed by atoms with Crippen molar-refractivity contribution >= 4 is 12.6 Å². The van der Waals surface area contributed by atoms with Crippen LogP contribution in [-0.2, 0) is 0 Å². The highest BCUT2D eigenvalue weighted by Crippen LogP contribution is 2.07. The van der Waals surface area contributed by atoms with E-state index in [0.717, 1.165) is 12.2 Å². The first-order valence-corrected chi connectivity index (χ1v) is 5.20. The van der Waals surface area contributed by atoms with Crippen molar-refractivity contribution < 1.29 is 0 Å². The van der Waals surface area contributed by atoms with Crippen LogP contribution in [0, 0.1) is 0 Å². The minimum atomic E-state index is 0.958. The van der Waals surface area contributed by atoms with E-state index in [9.17, 15) is 0 Å². The lowest BCUT2D eigenvalue weighted by Gasteiger charge is -1.97. The lowest BCUT2D eigenvalue weighted by atomic mass is 10.1. The van der Waals surface area contributed by atoms with Crippen molar-refractivity contribution in [1.82, 2.24) is 0 Å². The molecule has 0 atom stereocenters. The third-order valence-corrected chi connectivity index (χ3v) is 1.97. The van der Waals surface area contributed by atoms with Crippen LogP contribution in [0.3, 0.4) is 0 Å². The molecule has 0 nitrogen and oxygen atoms in total. The van der Waals surface area contributed by atoms with E-state index in [2.05, 4.69) is 45.6 Å². The van der Waals surface area contributed by atoms with Gasteiger partial charge in [-0.1, -0.05) is 23.3 Å². The third kappa shape index (κ3) is 7.93. The number of allylic oxidation sites excluding steroid dienone is 4. The van der Waals surface area contributed by atoms with Crippen molar-refractivity contribution in [3.63, 3.8) is 0 Å². The summed E-state index contributed by atoms with van der Waals surface area (Å²) < 4.78 is 0. The second-order valence-corrected chi connectivity index (χ2v) is 3.83. The van der Waals surface area contributed by atoms with Gasteiger partial charge in [-0.2, -0.15) is 12.6 Å². The summed E-state index contributed by atoms with van der Waals surface area (Å²) in [7, 11) is 0. The molecule has 0 unspecified atom stereocenters. The fourth-order valence-electron chi connectivity index (χ4n) is 1.00. The van der Waals surface area contributed by atoms with E-state index in [1.54, 1.807) is 0 Å². The predicted octanol–water partition coefficient (Wildman–Crippen LogP) is 4.00. The maximum absolute atomic E-state index is 4.16. The number of thiol groups is 1. The lowest BCUT2D eigenvalue weighted by Crippen LogP contribution is -1.78. The van der Waals surface area contributed by atoms with E-state index in [1.807, 2.05) is 0 Å². The molecule has 1 heteroatoms. The van der Waals surface area contributed by atoms with E-state index in [4.69, 9.17) is 0 Å². The molecule has 0 rings (SSSR count). The van der Waals surface area contributed by atoms with Crippen LogP contribution in [0.15, 0.2) is 23.3 Å². The zero-order valence-corrected chi connectivity index (χ0v) is 9.32. The van der Waals surface area contributed by atoms with Crippen LogP contribution < -0.4 is 0 Å². The fraction of sp³-hybridized carbons (Fsp3) is 0.636. The highest BCUT2D eigenvalue weighted by Gasteiger charge is 1.87. The summed E-state index contributed by atoms with van der Waals surface area (Å²) in [6.07, 6.45) is 8.05. The average molecular weight is 184 g/mol. The van der Waals surface area contributed by atoms with E-state index >= 15 is 0 Å². The molecule has 0 aliphatic carbocycles. The SMILES string of the molecule is CC(C)=CCC/C(C)=C/CCS. The molecule has 0 N–H and O–H groups in total. The van der Waals surface area contributed by atoms with Crippen molar-refractivity contribution in [3.8, 4) is 0 Å². The van der Waals surface area contributed by atoms with Gasteiger partial charge < -0.3 is 0 Å². The third-order valence-electron chi connectivity index (χ3n) is 1.71. The second kappa shape index (κ2) is 7.48. The molecule has 0 aliphatic heterocycles. The van der Waals surface area contributed by atoms with Crippen LogP contribution in [0.5, 0.6) is 0 Å². The highest BCUT2D eigenvalue weighted by atomic mass is 32.1. The first kappa shape index (κ1) is 11.8. The number of hydrogen-bond donors (Lipinski definition) is 1. The van der Waals surface area contributed by atoms with Gasteiger partial charge in [0.1, 0.15) is 0 Å². The van der Waals surface area contributed by atoms with Crippen LogP contribution in [0.4, 0.5) is 0 Å². The molecule has 0 aromatic carbocycles. The molecule has 0 aromatic rings. The fourth-order valence-corrected chi connectivity index (χ4v) is 1.13. The summed E-state index contributed by atoms with van der Waals surface area (Å²) in [5.74, 6) is 0.958. The predicted molar refractivity (Wildman–Crippen MR) is 60.9 cm³/mol. The van der Waals surface area contributed by atoms with Gasteiger partial charge in [0.2, 0.25) is 0 Å². The van der Waals surface area contributed by atoms with Crippen molar-refractivity contribution in [2.75, 3.05) is 5.75 Å². The standard InChI is InChI=1S/C11H20S/c1-10(2)6-4-7-11(3)8-5-9-12/h6,8,12H,4-5,7,9H2,1-3H3/b11-8+. The van der Waals surface area contributed by atoms with Gasteiger partial charge in [0, 0.05) is 0 Å². The van der Waals surface area contributed by atoms with E-state index in [-0.39, 0.29) is 0 Å². The van der Waals surface area contributed by atoms with Crippen molar-refractivity contribution in [3.05, 3.63) is 23.3 Å². The van der Waals surface area contributed by atoms with Crippen LogP contribution in [-0.4, -0.2) is 5.75 Å². The maximum atomic E-state index is 4.16. The molecule has 70 valence electrons. The smallest absolute Gasteiger partial charge is 0.00632 e. The summed E-state index contributed by atoms with van der Waals surface area (Å²) in [6, 6.07) is 0. The zero-order chi connectivity index (χ0) is 9.40. The van der Waals surface area contributed by atoms with E-state index in [1.165, 1.54) is 24.0 Å². The molecule has 0 bridgehead atoms. The first-order chi connectivity index (χ1) is 5.66. The first-order valence-electron chi connectivity index (χ1n) is 4.56. The molecule has 0 fully saturated rings. The molecule has 0 aliphatic rings. The number of hydrogen-bond acceptors (Lipinski definition) is 1. The average Bonchev–Trinajstić information content (AvgIpc) is 2.00. The van der Waals surface area contributed by atoms with Gasteiger partial charge >= 0.3 is 0 Å². The Morgan fingerprint density at radius 3 is 2.25 bits per heavy atom. The van der Waals surface area contributed by atoms with E-state index in [0.29, 0.717) is 0 Å². The van der Waals surface area contributed by atoms with Gasteiger partial charge in [-0.05, 0) is 45.8 Å². The van der Waals surface area contributed by atoms with Gasteiger partial charge in [0.05, 0.1) is 0 Å². The Bertz CT molecular complexity index is 162. The second-order valence-electron chi connectivity index (χ2n) is 3.38.